The molecular weight excluding hydrogens is 364 g/mol. The molecule has 2 aromatic carbocycles. The number of hydrogen-bond acceptors (Lipinski definition) is 6. The molecule has 0 fully saturated rings. The van der Waals surface area contributed by atoms with Crippen molar-refractivity contribution in [2.24, 2.45) is 0 Å². The van der Waals surface area contributed by atoms with Gasteiger partial charge in [-0.1, -0.05) is 0 Å². The Morgan fingerprint density at radius 1 is 0.714 bits per heavy atom. The highest BCUT2D eigenvalue weighted by molar-refractivity contribution is 6.43. The molecule has 0 aliphatic rings. The lowest BCUT2D eigenvalue weighted by Crippen LogP contribution is -2.29. The fraction of sp³-hybridized carbons (Fsp3) is 0.300. The molecular formula is C20H24N2O6. The lowest BCUT2D eigenvalue weighted by molar-refractivity contribution is -0.133. The van der Waals surface area contributed by atoms with Crippen LogP contribution in [0, 0.1) is 0 Å². The molecule has 28 heavy (non-hydrogen) atoms. The summed E-state index contributed by atoms with van der Waals surface area (Å²) in [6.07, 6.45) is 0. The van der Waals surface area contributed by atoms with E-state index in [0.717, 1.165) is 0 Å². The molecule has 0 unspecified atom stereocenters. The van der Waals surface area contributed by atoms with Gasteiger partial charge in [0, 0.05) is 23.5 Å². The van der Waals surface area contributed by atoms with E-state index in [2.05, 4.69) is 10.6 Å². The van der Waals surface area contributed by atoms with Gasteiger partial charge in [-0.05, 0) is 38.1 Å². The Labute approximate surface area is 163 Å². The molecule has 0 bridgehead atoms. The van der Waals surface area contributed by atoms with Crippen LogP contribution in [-0.2, 0) is 9.59 Å². The standard InChI is InChI=1S/C20H24N2O6/c1-5-27-16-10-8-14(12-18(16)28-6-2)22-20(24)19(23)21-13-7-9-15(25-3)17(11-13)26-4/h7-12H,5-6H2,1-4H3,(H,21,23)(H,22,24). The summed E-state index contributed by atoms with van der Waals surface area (Å²) in [6, 6.07) is 9.72. The summed E-state index contributed by atoms with van der Waals surface area (Å²) in [5.74, 6) is 0.372. The first-order valence-corrected chi connectivity index (χ1v) is 8.76. The summed E-state index contributed by atoms with van der Waals surface area (Å²) in [5, 5.41) is 5.06. The Morgan fingerprint density at radius 2 is 1.18 bits per heavy atom. The van der Waals surface area contributed by atoms with Crippen LogP contribution in [0.1, 0.15) is 13.8 Å². The molecule has 2 rings (SSSR count). The van der Waals surface area contributed by atoms with E-state index in [1.165, 1.54) is 14.2 Å². The van der Waals surface area contributed by atoms with Crippen LogP contribution in [0.2, 0.25) is 0 Å². The zero-order chi connectivity index (χ0) is 20.5. The third kappa shape index (κ3) is 5.29. The molecule has 0 saturated heterocycles. The number of hydrogen-bond donors (Lipinski definition) is 2. The van der Waals surface area contributed by atoms with Gasteiger partial charge in [0.1, 0.15) is 0 Å². The predicted molar refractivity (Wildman–Crippen MR) is 106 cm³/mol. The van der Waals surface area contributed by atoms with Gasteiger partial charge in [0.15, 0.2) is 23.0 Å². The summed E-state index contributed by atoms with van der Waals surface area (Å²) in [6.45, 7) is 4.64. The minimum absolute atomic E-state index is 0.402. The second-order valence-corrected chi connectivity index (χ2v) is 5.51. The van der Waals surface area contributed by atoms with Crippen molar-refractivity contribution in [2.45, 2.75) is 13.8 Å². The topological polar surface area (TPSA) is 95.1 Å². The van der Waals surface area contributed by atoms with E-state index < -0.39 is 11.8 Å². The van der Waals surface area contributed by atoms with E-state index >= 15 is 0 Å². The van der Waals surface area contributed by atoms with Crippen molar-refractivity contribution in [1.82, 2.24) is 0 Å². The zero-order valence-electron chi connectivity index (χ0n) is 16.3. The number of carbonyl (C=O) groups excluding carboxylic acids is 2. The fourth-order valence-electron chi connectivity index (χ4n) is 2.42. The molecule has 8 heteroatoms. The van der Waals surface area contributed by atoms with E-state index in [4.69, 9.17) is 18.9 Å². The van der Waals surface area contributed by atoms with Crippen molar-refractivity contribution in [3.63, 3.8) is 0 Å². The molecule has 0 heterocycles. The Kier molecular flexibility index (Phi) is 7.50. The van der Waals surface area contributed by atoms with Crippen molar-refractivity contribution in [2.75, 3.05) is 38.1 Å². The number of carbonyl (C=O) groups is 2. The lowest BCUT2D eigenvalue weighted by atomic mass is 10.2. The largest absolute Gasteiger partial charge is 0.493 e. The number of nitrogens with one attached hydrogen (secondary N) is 2. The van der Waals surface area contributed by atoms with Crippen LogP contribution in [0.5, 0.6) is 23.0 Å². The van der Waals surface area contributed by atoms with Crippen molar-refractivity contribution in [3.05, 3.63) is 36.4 Å². The Morgan fingerprint density at radius 3 is 1.68 bits per heavy atom. The number of methoxy groups -OCH3 is 2. The van der Waals surface area contributed by atoms with Gasteiger partial charge in [-0.2, -0.15) is 0 Å². The maximum atomic E-state index is 12.2. The molecule has 0 aliphatic heterocycles. The molecule has 2 N–H and O–H groups in total. The Hall–Kier alpha value is -3.42. The number of benzene rings is 2. The molecule has 2 amide bonds. The lowest BCUT2D eigenvalue weighted by Gasteiger charge is -2.13. The van der Waals surface area contributed by atoms with E-state index in [1.54, 1.807) is 36.4 Å². The second-order valence-electron chi connectivity index (χ2n) is 5.51. The fourth-order valence-corrected chi connectivity index (χ4v) is 2.42. The van der Waals surface area contributed by atoms with Gasteiger partial charge in [-0.15, -0.1) is 0 Å². The number of anilines is 2. The van der Waals surface area contributed by atoms with Crippen molar-refractivity contribution in [1.29, 1.82) is 0 Å². The van der Waals surface area contributed by atoms with Crippen molar-refractivity contribution >= 4 is 23.2 Å². The average Bonchev–Trinajstić information content (AvgIpc) is 2.70. The van der Waals surface area contributed by atoms with Crippen LogP contribution in [0.15, 0.2) is 36.4 Å². The van der Waals surface area contributed by atoms with Gasteiger partial charge in [0.2, 0.25) is 0 Å². The number of rotatable bonds is 8. The van der Waals surface area contributed by atoms with Crippen LogP contribution >= 0.6 is 0 Å². The first kappa shape index (κ1) is 20.9. The van der Waals surface area contributed by atoms with Gasteiger partial charge in [-0.3, -0.25) is 9.59 Å². The van der Waals surface area contributed by atoms with Crippen LogP contribution < -0.4 is 29.6 Å². The summed E-state index contributed by atoms with van der Waals surface area (Å²) in [4.78, 5) is 24.4. The Balaban J connectivity index is 2.08. The Bertz CT molecular complexity index is 837. The molecule has 0 spiro atoms. The number of ether oxygens (including phenoxy) is 4. The first-order valence-electron chi connectivity index (χ1n) is 8.76. The van der Waals surface area contributed by atoms with E-state index in [9.17, 15) is 9.59 Å². The van der Waals surface area contributed by atoms with Gasteiger partial charge in [0.05, 0.1) is 27.4 Å². The van der Waals surface area contributed by atoms with E-state index in [1.807, 2.05) is 13.8 Å². The molecule has 0 aromatic heterocycles. The van der Waals surface area contributed by atoms with Gasteiger partial charge in [0.25, 0.3) is 0 Å². The summed E-state index contributed by atoms with van der Waals surface area (Å²) >= 11 is 0. The molecule has 0 atom stereocenters. The molecule has 8 nitrogen and oxygen atoms in total. The minimum atomic E-state index is -0.820. The highest BCUT2D eigenvalue weighted by Crippen LogP contribution is 2.31. The van der Waals surface area contributed by atoms with E-state index in [0.29, 0.717) is 47.6 Å². The molecule has 150 valence electrons. The van der Waals surface area contributed by atoms with Crippen LogP contribution in [-0.4, -0.2) is 39.2 Å². The highest BCUT2D eigenvalue weighted by atomic mass is 16.5. The van der Waals surface area contributed by atoms with Crippen LogP contribution in [0.25, 0.3) is 0 Å². The summed E-state index contributed by atoms with van der Waals surface area (Å²) < 4.78 is 21.3. The quantitative estimate of drug-likeness (QED) is 0.675. The molecule has 0 saturated carbocycles. The molecule has 2 aromatic rings. The van der Waals surface area contributed by atoms with Crippen molar-refractivity contribution < 1.29 is 28.5 Å². The SMILES string of the molecule is CCOc1ccc(NC(=O)C(=O)Nc2ccc(OC)c(OC)c2)cc1OCC. The van der Waals surface area contributed by atoms with Crippen molar-refractivity contribution in [3.8, 4) is 23.0 Å². The third-order valence-electron chi connectivity index (χ3n) is 3.65. The van der Waals surface area contributed by atoms with Gasteiger partial charge in [-0.25, -0.2) is 0 Å². The monoisotopic (exact) mass is 388 g/mol. The predicted octanol–water partition coefficient (Wildman–Crippen LogP) is 3.08. The smallest absolute Gasteiger partial charge is 0.314 e. The maximum absolute atomic E-state index is 12.2. The van der Waals surface area contributed by atoms with E-state index in [-0.39, 0.29) is 0 Å². The van der Waals surface area contributed by atoms with Gasteiger partial charge >= 0.3 is 11.8 Å². The van der Waals surface area contributed by atoms with Crippen LogP contribution in [0.3, 0.4) is 0 Å². The maximum Gasteiger partial charge on any atom is 0.314 e. The molecule has 0 aliphatic carbocycles. The minimum Gasteiger partial charge on any atom is -0.493 e. The zero-order valence-corrected chi connectivity index (χ0v) is 16.3. The third-order valence-corrected chi connectivity index (χ3v) is 3.65. The van der Waals surface area contributed by atoms with Gasteiger partial charge < -0.3 is 29.6 Å². The normalized spacial score (nSPS) is 10.0. The molecule has 0 radical (unpaired) electrons. The summed E-state index contributed by atoms with van der Waals surface area (Å²) in [5.41, 5.74) is 0.818. The summed E-state index contributed by atoms with van der Waals surface area (Å²) in [7, 11) is 2.99. The van der Waals surface area contributed by atoms with Crippen LogP contribution in [0.4, 0.5) is 11.4 Å². The second kappa shape index (κ2) is 10.1. The highest BCUT2D eigenvalue weighted by Gasteiger charge is 2.16. The first-order chi connectivity index (χ1) is 13.5. The average molecular weight is 388 g/mol. The number of amides is 2.